The molecule has 1 aromatic rings. The van der Waals surface area contributed by atoms with Gasteiger partial charge in [-0.05, 0) is 44.9 Å². The minimum Gasteiger partial charge on any atom is -0.475 e. The first-order valence-electron chi connectivity index (χ1n) is 5.89. The molecular weight excluding hydrogens is 222 g/mol. The first kappa shape index (κ1) is 12.0. The van der Waals surface area contributed by atoms with Crippen molar-refractivity contribution in [1.29, 1.82) is 0 Å². The number of likely N-dealkylation sites (tertiary alicyclic amines) is 1. The quantitative estimate of drug-likeness (QED) is 0.857. The van der Waals surface area contributed by atoms with Gasteiger partial charge in [-0.3, -0.25) is 0 Å². The number of carboxylic acids is 1. The molecule has 1 aliphatic heterocycles. The smallest absolute Gasteiger partial charge is 0.377 e. The second-order valence-corrected chi connectivity index (χ2v) is 4.67. The Morgan fingerprint density at radius 3 is 2.59 bits per heavy atom. The lowest BCUT2D eigenvalue weighted by atomic mass is 9.96. The summed E-state index contributed by atoms with van der Waals surface area (Å²) in [6.45, 7) is 6.34. The standard InChI is InChI=1S/C11H17N3O3/c1-7(2)14-5-3-8(4-6-14)10-12-9(11(15)16)13-17-10/h7-8H,3-6H2,1-2H3,(H,15,16). The van der Waals surface area contributed by atoms with Gasteiger partial charge in [0.2, 0.25) is 5.89 Å². The number of carboxylic acid groups (broad SMARTS) is 1. The van der Waals surface area contributed by atoms with Crippen LogP contribution in [-0.2, 0) is 0 Å². The summed E-state index contributed by atoms with van der Waals surface area (Å²) in [5.74, 6) is -0.720. The molecule has 2 heterocycles. The molecule has 1 aromatic heterocycles. The Hall–Kier alpha value is -1.43. The second-order valence-electron chi connectivity index (χ2n) is 4.67. The van der Waals surface area contributed by atoms with Gasteiger partial charge in [-0.2, -0.15) is 4.98 Å². The van der Waals surface area contributed by atoms with Crippen LogP contribution in [0, 0.1) is 0 Å². The lowest BCUT2D eigenvalue weighted by Crippen LogP contribution is -2.37. The van der Waals surface area contributed by atoms with E-state index >= 15 is 0 Å². The van der Waals surface area contributed by atoms with Gasteiger partial charge in [0.05, 0.1) is 0 Å². The Morgan fingerprint density at radius 1 is 1.47 bits per heavy atom. The van der Waals surface area contributed by atoms with E-state index in [9.17, 15) is 4.79 Å². The van der Waals surface area contributed by atoms with Crippen LogP contribution in [0.3, 0.4) is 0 Å². The van der Waals surface area contributed by atoms with Crippen molar-refractivity contribution in [2.24, 2.45) is 0 Å². The van der Waals surface area contributed by atoms with E-state index in [1.807, 2.05) is 0 Å². The zero-order valence-electron chi connectivity index (χ0n) is 10.1. The van der Waals surface area contributed by atoms with E-state index in [-0.39, 0.29) is 11.7 Å². The fourth-order valence-corrected chi connectivity index (χ4v) is 2.15. The van der Waals surface area contributed by atoms with Crippen molar-refractivity contribution in [3.05, 3.63) is 11.7 Å². The highest BCUT2D eigenvalue weighted by Crippen LogP contribution is 2.27. The molecule has 0 saturated carbocycles. The Kier molecular flexibility index (Phi) is 3.42. The number of rotatable bonds is 3. The van der Waals surface area contributed by atoms with Gasteiger partial charge in [-0.1, -0.05) is 0 Å². The van der Waals surface area contributed by atoms with Crippen LogP contribution < -0.4 is 0 Å². The molecule has 6 nitrogen and oxygen atoms in total. The van der Waals surface area contributed by atoms with Crippen molar-refractivity contribution >= 4 is 5.97 Å². The Balaban J connectivity index is 1.98. The number of carbonyl (C=O) groups is 1. The van der Waals surface area contributed by atoms with E-state index in [2.05, 4.69) is 28.9 Å². The van der Waals surface area contributed by atoms with E-state index in [0.29, 0.717) is 11.9 Å². The molecule has 1 fully saturated rings. The highest BCUT2D eigenvalue weighted by atomic mass is 16.5. The number of hydrogen-bond donors (Lipinski definition) is 1. The third-order valence-corrected chi connectivity index (χ3v) is 3.24. The van der Waals surface area contributed by atoms with Crippen LogP contribution in [0.5, 0.6) is 0 Å². The van der Waals surface area contributed by atoms with Gasteiger partial charge in [0.15, 0.2) is 0 Å². The zero-order valence-corrected chi connectivity index (χ0v) is 10.1. The van der Waals surface area contributed by atoms with E-state index in [4.69, 9.17) is 9.63 Å². The van der Waals surface area contributed by atoms with E-state index in [1.165, 1.54) is 0 Å². The minimum absolute atomic E-state index is 0.200. The summed E-state index contributed by atoms with van der Waals surface area (Å²) < 4.78 is 5.00. The van der Waals surface area contributed by atoms with Gasteiger partial charge in [-0.25, -0.2) is 4.79 Å². The van der Waals surface area contributed by atoms with E-state index in [1.54, 1.807) is 0 Å². The summed E-state index contributed by atoms with van der Waals surface area (Å²) in [6, 6.07) is 0.549. The van der Waals surface area contributed by atoms with Crippen LogP contribution in [0.15, 0.2) is 4.52 Å². The van der Waals surface area contributed by atoms with Crippen LogP contribution in [-0.4, -0.2) is 45.2 Å². The molecule has 0 radical (unpaired) electrons. The summed E-state index contributed by atoms with van der Waals surface area (Å²) in [5.41, 5.74) is 0. The lowest BCUT2D eigenvalue weighted by Gasteiger charge is -2.33. The normalized spacial score (nSPS) is 18.8. The molecule has 0 amide bonds. The predicted octanol–water partition coefficient (Wildman–Crippen LogP) is 1.36. The molecule has 0 aromatic carbocycles. The van der Waals surface area contributed by atoms with Gasteiger partial charge in [0.25, 0.3) is 5.82 Å². The SMILES string of the molecule is CC(C)N1CCC(c2nc(C(=O)O)no2)CC1. The van der Waals surface area contributed by atoms with Gasteiger partial charge in [-0.15, -0.1) is 0 Å². The van der Waals surface area contributed by atoms with Crippen LogP contribution in [0.1, 0.15) is 49.1 Å². The highest BCUT2D eigenvalue weighted by molar-refractivity contribution is 5.82. The third kappa shape index (κ3) is 2.63. The largest absolute Gasteiger partial charge is 0.475 e. The molecule has 94 valence electrons. The molecule has 0 atom stereocenters. The van der Waals surface area contributed by atoms with Crippen LogP contribution in [0.2, 0.25) is 0 Å². The van der Waals surface area contributed by atoms with Crippen molar-refractivity contribution in [2.45, 2.75) is 38.6 Å². The Bertz CT molecular complexity index is 394. The van der Waals surface area contributed by atoms with Crippen LogP contribution in [0.25, 0.3) is 0 Å². The fourth-order valence-electron chi connectivity index (χ4n) is 2.15. The van der Waals surface area contributed by atoms with Crippen molar-refractivity contribution in [3.63, 3.8) is 0 Å². The van der Waals surface area contributed by atoms with Gasteiger partial charge in [0, 0.05) is 12.0 Å². The summed E-state index contributed by atoms with van der Waals surface area (Å²) in [4.78, 5) is 16.9. The van der Waals surface area contributed by atoms with E-state index < -0.39 is 5.97 Å². The zero-order chi connectivity index (χ0) is 12.4. The average molecular weight is 239 g/mol. The molecule has 2 rings (SSSR count). The minimum atomic E-state index is -1.14. The second kappa shape index (κ2) is 4.83. The number of nitrogens with zero attached hydrogens (tertiary/aromatic N) is 3. The van der Waals surface area contributed by atoms with Gasteiger partial charge >= 0.3 is 5.97 Å². The first-order chi connectivity index (χ1) is 8.08. The van der Waals surface area contributed by atoms with Crippen molar-refractivity contribution in [3.8, 4) is 0 Å². The van der Waals surface area contributed by atoms with E-state index in [0.717, 1.165) is 25.9 Å². The molecule has 6 heteroatoms. The molecule has 0 aliphatic carbocycles. The maximum Gasteiger partial charge on any atom is 0.377 e. The van der Waals surface area contributed by atoms with Crippen molar-refractivity contribution < 1.29 is 14.4 Å². The third-order valence-electron chi connectivity index (χ3n) is 3.24. The number of aromatic nitrogens is 2. The number of piperidine rings is 1. The first-order valence-corrected chi connectivity index (χ1v) is 5.89. The van der Waals surface area contributed by atoms with Crippen molar-refractivity contribution in [2.75, 3.05) is 13.1 Å². The summed E-state index contributed by atoms with van der Waals surface area (Å²) >= 11 is 0. The Morgan fingerprint density at radius 2 is 2.12 bits per heavy atom. The maximum absolute atomic E-state index is 10.6. The molecule has 0 bridgehead atoms. The lowest BCUT2D eigenvalue weighted by molar-refractivity contribution is 0.0680. The fraction of sp³-hybridized carbons (Fsp3) is 0.727. The Labute approximate surface area is 99.6 Å². The predicted molar refractivity (Wildman–Crippen MR) is 59.9 cm³/mol. The molecule has 1 N–H and O–H groups in total. The highest BCUT2D eigenvalue weighted by Gasteiger charge is 2.27. The number of hydrogen-bond acceptors (Lipinski definition) is 5. The topological polar surface area (TPSA) is 79.5 Å². The molecule has 0 spiro atoms. The van der Waals surface area contributed by atoms with Gasteiger partial charge < -0.3 is 14.5 Å². The summed E-state index contributed by atoms with van der Waals surface area (Å²) in [6.07, 6.45) is 1.89. The molecule has 1 saturated heterocycles. The number of aromatic carboxylic acids is 1. The van der Waals surface area contributed by atoms with Crippen LogP contribution in [0.4, 0.5) is 0 Å². The molecule has 17 heavy (non-hydrogen) atoms. The monoisotopic (exact) mass is 239 g/mol. The summed E-state index contributed by atoms with van der Waals surface area (Å²) in [5, 5.41) is 12.2. The summed E-state index contributed by atoms with van der Waals surface area (Å²) in [7, 11) is 0. The van der Waals surface area contributed by atoms with Crippen LogP contribution >= 0.6 is 0 Å². The molecular formula is C11H17N3O3. The average Bonchev–Trinajstić information content (AvgIpc) is 2.78. The molecule has 0 unspecified atom stereocenters. The van der Waals surface area contributed by atoms with Crippen molar-refractivity contribution in [1.82, 2.24) is 15.0 Å². The maximum atomic E-state index is 10.6. The van der Waals surface area contributed by atoms with Gasteiger partial charge in [0.1, 0.15) is 0 Å². The molecule has 1 aliphatic rings.